The van der Waals surface area contributed by atoms with Gasteiger partial charge in [-0.15, -0.1) is 6.58 Å². The number of nitrogens with one attached hydrogen (secondary N) is 1. The number of likely N-dealkylation sites (N-methyl/N-ethyl adjacent to an activating group) is 1. The minimum absolute atomic E-state index is 0.721. The van der Waals surface area contributed by atoms with Crippen molar-refractivity contribution in [3.63, 3.8) is 0 Å². The van der Waals surface area contributed by atoms with Crippen molar-refractivity contribution >= 4 is 0 Å². The first-order chi connectivity index (χ1) is 6.68. The number of nitrogens with zero attached hydrogens (tertiary/aromatic N) is 1. The third-order valence-electron chi connectivity index (χ3n) is 2.86. The molecule has 0 spiro atoms. The van der Waals surface area contributed by atoms with E-state index in [1.165, 1.54) is 37.9 Å². The molecular formula is C12H24N2. The Morgan fingerprint density at radius 3 is 2.86 bits per heavy atom. The Labute approximate surface area is 88.4 Å². The highest BCUT2D eigenvalue weighted by Gasteiger charge is 2.13. The Hall–Kier alpha value is -0.340. The van der Waals surface area contributed by atoms with Crippen LogP contribution in [-0.4, -0.2) is 37.6 Å². The third-order valence-corrected chi connectivity index (χ3v) is 2.86. The molecule has 82 valence electrons. The van der Waals surface area contributed by atoms with Crippen LogP contribution in [0.15, 0.2) is 12.2 Å². The minimum Gasteiger partial charge on any atom is -0.313 e. The van der Waals surface area contributed by atoms with Crippen LogP contribution in [-0.2, 0) is 0 Å². The molecule has 1 atom stereocenters. The van der Waals surface area contributed by atoms with Gasteiger partial charge in [-0.2, -0.15) is 0 Å². The van der Waals surface area contributed by atoms with Crippen LogP contribution in [0.1, 0.15) is 32.6 Å². The number of rotatable bonds is 5. The Morgan fingerprint density at radius 2 is 2.29 bits per heavy atom. The summed E-state index contributed by atoms with van der Waals surface area (Å²) < 4.78 is 0. The van der Waals surface area contributed by atoms with Gasteiger partial charge >= 0.3 is 0 Å². The lowest BCUT2D eigenvalue weighted by Crippen LogP contribution is -2.42. The molecule has 14 heavy (non-hydrogen) atoms. The summed E-state index contributed by atoms with van der Waals surface area (Å²) in [6.45, 7) is 9.58. The summed E-state index contributed by atoms with van der Waals surface area (Å²) in [5.74, 6) is 0. The molecule has 0 saturated carbocycles. The van der Waals surface area contributed by atoms with Crippen molar-refractivity contribution in [3.05, 3.63) is 12.2 Å². The second-order valence-corrected chi connectivity index (χ2v) is 4.62. The quantitative estimate of drug-likeness (QED) is 0.677. The monoisotopic (exact) mass is 196 g/mol. The fourth-order valence-electron chi connectivity index (χ4n) is 1.93. The van der Waals surface area contributed by atoms with E-state index in [-0.39, 0.29) is 0 Å². The summed E-state index contributed by atoms with van der Waals surface area (Å²) in [6, 6.07) is 0.721. The van der Waals surface area contributed by atoms with Crippen LogP contribution in [0.3, 0.4) is 0 Å². The van der Waals surface area contributed by atoms with E-state index in [0.29, 0.717) is 0 Å². The summed E-state index contributed by atoms with van der Waals surface area (Å²) in [4.78, 5) is 2.41. The largest absolute Gasteiger partial charge is 0.313 e. The normalized spacial score (nSPS) is 22.6. The Morgan fingerprint density at radius 1 is 1.50 bits per heavy atom. The molecule has 0 bridgehead atoms. The van der Waals surface area contributed by atoms with Gasteiger partial charge in [0.1, 0.15) is 0 Å². The van der Waals surface area contributed by atoms with Crippen LogP contribution in [0.25, 0.3) is 0 Å². The smallest absolute Gasteiger partial charge is 0.0194 e. The van der Waals surface area contributed by atoms with Gasteiger partial charge in [-0.25, -0.2) is 0 Å². The standard InChI is InChI=1S/C12H24N2/c1-11(2)7-9-14(3)10-12-6-4-5-8-13-12/h12-13H,1,4-10H2,2-3H3. The molecule has 1 unspecified atom stereocenters. The van der Waals surface area contributed by atoms with Gasteiger partial charge in [0.15, 0.2) is 0 Å². The van der Waals surface area contributed by atoms with Crippen molar-refractivity contribution in [2.45, 2.75) is 38.6 Å². The maximum Gasteiger partial charge on any atom is 0.0194 e. The van der Waals surface area contributed by atoms with Gasteiger partial charge < -0.3 is 10.2 Å². The van der Waals surface area contributed by atoms with E-state index in [2.05, 4.69) is 30.8 Å². The van der Waals surface area contributed by atoms with Gasteiger partial charge in [-0.05, 0) is 39.8 Å². The van der Waals surface area contributed by atoms with E-state index in [9.17, 15) is 0 Å². The highest BCUT2D eigenvalue weighted by Crippen LogP contribution is 2.08. The highest BCUT2D eigenvalue weighted by atomic mass is 15.1. The van der Waals surface area contributed by atoms with Crippen molar-refractivity contribution in [2.75, 3.05) is 26.7 Å². The Balaban J connectivity index is 2.11. The van der Waals surface area contributed by atoms with E-state index in [0.717, 1.165) is 19.0 Å². The van der Waals surface area contributed by atoms with Crippen molar-refractivity contribution in [1.29, 1.82) is 0 Å². The highest BCUT2D eigenvalue weighted by molar-refractivity contribution is 4.88. The first-order valence-corrected chi connectivity index (χ1v) is 5.75. The maximum absolute atomic E-state index is 3.93. The molecule has 1 saturated heterocycles. The molecule has 0 amide bonds. The molecule has 1 N–H and O–H groups in total. The average Bonchev–Trinajstić information content (AvgIpc) is 2.16. The van der Waals surface area contributed by atoms with Crippen molar-refractivity contribution in [2.24, 2.45) is 0 Å². The molecular weight excluding hydrogens is 172 g/mol. The predicted octanol–water partition coefficient (Wildman–Crippen LogP) is 2.03. The zero-order valence-corrected chi connectivity index (χ0v) is 9.68. The van der Waals surface area contributed by atoms with Crippen LogP contribution in [0.2, 0.25) is 0 Å². The number of hydrogen-bond donors (Lipinski definition) is 1. The molecule has 0 aromatic heterocycles. The van der Waals surface area contributed by atoms with Crippen LogP contribution in [0, 0.1) is 0 Å². The van der Waals surface area contributed by atoms with Crippen molar-refractivity contribution in [3.8, 4) is 0 Å². The molecule has 0 aromatic rings. The summed E-state index contributed by atoms with van der Waals surface area (Å²) in [6.07, 6.45) is 5.22. The van der Waals surface area contributed by atoms with Crippen LogP contribution >= 0.6 is 0 Å². The van der Waals surface area contributed by atoms with E-state index < -0.39 is 0 Å². The molecule has 1 fully saturated rings. The Bertz CT molecular complexity index is 171. The van der Waals surface area contributed by atoms with Crippen LogP contribution < -0.4 is 5.32 Å². The molecule has 0 aromatic carbocycles. The van der Waals surface area contributed by atoms with Gasteiger partial charge in [0.2, 0.25) is 0 Å². The van der Waals surface area contributed by atoms with Crippen molar-refractivity contribution < 1.29 is 0 Å². The lowest BCUT2D eigenvalue weighted by Gasteiger charge is -2.28. The SMILES string of the molecule is C=C(C)CCN(C)CC1CCCCN1. The fourth-order valence-corrected chi connectivity index (χ4v) is 1.93. The summed E-state index contributed by atoms with van der Waals surface area (Å²) in [5, 5.41) is 3.57. The number of hydrogen-bond acceptors (Lipinski definition) is 2. The van der Waals surface area contributed by atoms with Gasteiger partial charge in [-0.1, -0.05) is 12.0 Å². The zero-order chi connectivity index (χ0) is 10.4. The van der Waals surface area contributed by atoms with Crippen molar-refractivity contribution in [1.82, 2.24) is 10.2 Å². The first-order valence-electron chi connectivity index (χ1n) is 5.75. The van der Waals surface area contributed by atoms with Crippen LogP contribution in [0.5, 0.6) is 0 Å². The average molecular weight is 196 g/mol. The van der Waals surface area contributed by atoms with E-state index in [1.807, 2.05) is 0 Å². The van der Waals surface area contributed by atoms with E-state index in [1.54, 1.807) is 0 Å². The summed E-state index contributed by atoms with van der Waals surface area (Å²) >= 11 is 0. The van der Waals surface area contributed by atoms with Gasteiger partial charge in [0, 0.05) is 19.1 Å². The van der Waals surface area contributed by atoms with Crippen LogP contribution in [0.4, 0.5) is 0 Å². The second-order valence-electron chi connectivity index (χ2n) is 4.62. The van der Waals surface area contributed by atoms with Gasteiger partial charge in [0.25, 0.3) is 0 Å². The molecule has 1 rings (SSSR count). The first kappa shape index (κ1) is 11.7. The lowest BCUT2D eigenvalue weighted by atomic mass is 10.0. The topological polar surface area (TPSA) is 15.3 Å². The zero-order valence-electron chi connectivity index (χ0n) is 9.68. The van der Waals surface area contributed by atoms with Gasteiger partial charge in [-0.3, -0.25) is 0 Å². The molecule has 2 nitrogen and oxygen atoms in total. The lowest BCUT2D eigenvalue weighted by molar-refractivity contribution is 0.264. The predicted molar refractivity (Wildman–Crippen MR) is 62.6 cm³/mol. The van der Waals surface area contributed by atoms with E-state index >= 15 is 0 Å². The molecule has 0 radical (unpaired) electrons. The maximum atomic E-state index is 3.93. The molecule has 1 aliphatic rings. The minimum atomic E-state index is 0.721. The summed E-state index contributed by atoms with van der Waals surface area (Å²) in [7, 11) is 2.21. The number of piperidine rings is 1. The van der Waals surface area contributed by atoms with E-state index in [4.69, 9.17) is 0 Å². The fraction of sp³-hybridized carbons (Fsp3) is 0.833. The third kappa shape index (κ3) is 4.77. The second kappa shape index (κ2) is 6.20. The Kier molecular flexibility index (Phi) is 5.20. The molecule has 1 aliphatic heterocycles. The van der Waals surface area contributed by atoms with Gasteiger partial charge in [0.05, 0.1) is 0 Å². The molecule has 1 heterocycles. The molecule has 2 heteroatoms. The molecule has 0 aliphatic carbocycles. The summed E-state index contributed by atoms with van der Waals surface area (Å²) in [5.41, 5.74) is 1.29.